The summed E-state index contributed by atoms with van der Waals surface area (Å²) in [6.45, 7) is 0. The normalized spacial score (nSPS) is 10.8. The van der Waals surface area contributed by atoms with E-state index in [1.54, 1.807) is 84.9 Å². The summed E-state index contributed by atoms with van der Waals surface area (Å²) in [4.78, 5) is 72.2. The first-order chi connectivity index (χ1) is 27.5. The number of nitroso groups, excluding NO2 is 4. The van der Waals surface area contributed by atoms with E-state index < -0.39 is 11.9 Å². The molecule has 0 aliphatic heterocycles. The average molecular weight is 765 g/mol. The third-order valence-corrected chi connectivity index (χ3v) is 9.69. The van der Waals surface area contributed by atoms with Crippen molar-refractivity contribution in [1.82, 2.24) is 0 Å². The molecule has 0 aliphatic carbocycles. The highest BCUT2D eigenvalue weighted by molar-refractivity contribution is 5.91. The van der Waals surface area contributed by atoms with Gasteiger partial charge in [0.25, 0.3) is 0 Å². The van der Waals surface area contributed by atoms with Crippen molar-refractivity contribution < 1.29 is 30.0 Å². The van der Waals surface area contributed by atoms with Crippen LogP contribution in [0.4, 0.5) is 22.7 Å². The first-order valence-electron chi connectivity index (χ1n) is 17.4. The molecule has 0 amide bonds. The summed E-state index contributed by atoms with van der Waals surface area (Å²) < 4.78 is 0. The molecule has 4 N–H and O–H groups in total. The number of nitrogens with zero attached hydrogens (tertiary/aromatic N) is 4. The smallest absolute Gasteiger partial charge is 0.339 e. The Labute approximate surface area is 324 Å². The molecule has 284 valence electrons. The van der Waals surface area contributed by atoms with Crippen LogP contribution in [0, 0.1) is 19.6 Å². The van der Waals surface area contributed by atoms with Crippen LogP contribution >= 0.6 is 0 Å². The second-order valence-electron chi connectivity index (χ2n) is 13.3. The van der Waals surface area contributed by atoms with Gasteiger partial charge < -0.3 is 20.4 Å². The van der Waals surface area contributed by atoms with Crippen LogP contribution < -0.4 is 0 Å². The molecule has 0 spiro atoms. The molecule has 57 heavy (non-hydrogen) atoms. The third kappa shape index (κ3) is 8.49. The zero-order valence-electron chi connectivity index (χ0n) is 30.0. The lowest BCUT2D eigenvalue weighted by Gasteiger charge is -2.15. The molecule has 14 heteroatoms. The fraction of sp³-hybridized carbons (Fsp3) is 0.116. The van der Waals surface area contributed by atoms with Gasteiger partial charge in [0.05, 0.1) is 0 Å². The van der Waals surface area contributed by atoms with Gasteiger partial charge in [0.15, 0.2) is 0 Å². The number of aromatic carboxylic acids is 2. The molecule has 0 aliphatic rings. The highest BCUT2D eigenvalue weighted by atomic mass is 16.4. The maximum absolute atomic E-state index is 12.4. The van der Waals surface area contributed by atoms with E-state index in [-0.39, 0.29) is 77.5 Å². The molecule has 0 atom stereocenters. The fourth-order valence-corrected chi connectivity index (χ4v) is 6.97. The van der Waals surface area contributed by atoms with Gasteiger partial charge in [-0.1, -0.05) is 84.9 Å². The maximum atomic E-state index is 12.4. The Bertz CT molecular complexity index is 2410. The van der Waals surface area contributed by atoms with Gasteiger partial charge in [-0.2, -0.15) is 0 Å². The second-order valence-corrected chi connectivity index (χ2v) is 13.3. The number of hydrogen-bond acceptors (Lipinski definition) is 12. The number of carboxylic acids is 2. The van der Waals surface area contributed by atoms with Crippen molar-refractivity contribution in [2.24, 2.45) is 20.7 Å². The summed E-state index contributed by atoms with van der Waals surface area (Å²) in [6, 6.07) is 28.7. The van der Waals surface area contributed by atoms with E-state index in [4.69, 9.17) is 0 Å². The Morgan fingerprint density at radius 1 is 0.386 bits per heavy atom. The number of carbonyl (C=O) groups is 2. The van der Waals surface area contributed by atoms with Crippen molar-refractivity contribution in [2.75, 3.05) is 0 Å². The minimum atomic E-state index is -1.30. The lowest BCUT2D eigenvalue weighted by Crippen LogP contribution is -2.00. The molecule has 14 nitrogen and oxygen atoms in total. The van der Waals surface area contributed by atoms with Gasteiger partial charge in [-0.25, -0.2) is 9.59 Å². The topological polar surface area (TPSA) is 233 Å². The van der Waals surface area contributed by atoms with Gasteiger partial charge in [0.2, 0.25) is 0 Å². The molecular formula is C43H32N4O10. The monoisotopic (exact) mass is 764 g/mol. The average Bonchev–Trinajstić information content (AvgIpc) is 3.19. The standard InChI is InChI=1S/C43H32N4O10/c48-36-15-13-24(19-34(36)42(50)51)17-26-5-1-7-28(38(26)44-54)21-30-9-3-11-32(40(30)46-56)23-33-12-4-10-31(41(33)47-57)22-29-8-2-6-27(39(29)45-55)18-25-14-16-37(49)35(20-25)43(52)53/h1-16,19-20,48-49H,17-18,21-23H2,(H,50,51)(H,52,53). The molecule has 0 bridgehead atoms. The highest BCUT2D eigenvalue weighted by Crippen LogP contribution is 2.37. The van der Waals surface area contributed by atoms with Gasteiger partial charge in [0.1, 0.15) is 45.4 Å². The molecule has 6 aromatic carbocycles. The zero-order valence-corrected chi connectivity index (χ0v) is 30.0. The van der Waals surface area contributed by atoms with Crippen LogP contribution in [-0.2, 0) is 32.1 Å². The number of carboxylic acid groups (broad SMARTS) is 2. The number of rotatable bonds is 16. The Hall–Kier alpha value is -7.74. The van der Waals surface area contributed by atoms with Crippen molar-refractivity contribution in [3.8, 4) is 11.5 Å². The second kappa shape index (κ2) is 17.2. The van der Waals surface area contributed by atoms with Gasteiger partial charge in [-0.05, 0) is 113 Å². The Kier molecular flexibility index (Phi) is 11.7. The number of phenols is 2. The first-order valence-corrected chi connectivity index (χ1v) is 17.4. The summed E-state index contributed by atoms with van der Waals surface area (Å²) >= 11 is 0. The van der Waals surface area contributed by atoms with Gasteiger partial charge in [0, 0.05) is 19.3 Å². The minimum Gasteiger partial charge on any atom is -0.507 e. The van der Waals surface area contributed by atoms with Crippen molar-refractivity contribution >= 4 is 34.7 Å². The first kappa shape index (κ1) is 39.0. The van der Waals surface area contributed by atoms with Crippen molar-refractivity contribution in [3.63, 3.8) is 0 Å². The van der Waals surface area contributed by atoms with Crippen molar-refractivity contribution in [3.05, 3.63) is 196 Å². The molecule has 0 fully saturated rings. The summed E-state index contributed by atoms with van der Waals surface area (Å²) in [5, 5.41) is 51.9. The van der Waals surface area contributed by atoms with E-state index >= 15 is 0 Å². The third-order valence-electron chi connectivity index (χ3n) is 9.69. The predicted octanol–water partition coefficient (Wildman–Crippen LogP) is 10.0. The lowest BCUT2D eigenvalue weighted by atomic mass is 9.91. The minimum absolute atomic E-state index is 0.0843. The fourth-order valence-electron chi connectivity index (χ4n) is 6.97. The molecular weight excluding hydrogens is 732 g/mol. The van der Waals surface area contributed by atoms with Crippen LogP contribution in [0.2, 0.25) is 0 Å². The maximum Gasteiger partial charge on any atom is 0.339 e. The van der Waals surface area contributed by atoms with Crippen LogP contribution in [0.15, 0.2) is 130 Å². The summed E-state index contributed by atoms with van der Waals surface area (Å²) in [5.41, 5.74) is 4.89. The summed E-state index contributed by atoms with van der Waals surface area (Å²) in [6.07, 6.45) is 0.567. The lowest BCUT2D eigenvalue weighted by molar-refractivity contribution is 0.0682. The molecule has 0 saturated heterocycles. The van der Waals surface area contributed by atoms with Gasteiger partial charge >= 0.3 is 11.9 Å². The van der Waals surface area contributed by atoms with E-state index in [0.717, 1.165) is 0 Å². The SMILES string of the molecule is O=Nc1c(Cc2ccc(O)c(C(=O)O)c2)cccc1Cc1cccc(Cc2cccc(Cc3cccc(Cc4ccc(O)c(C(=O)O)c4)c3N=O)c2N=O)c1N=O. The molecule has 6 rings (SSSR count). The largest absolute Gasteiger partial charge is 0.507 e. The molecule has 0 radical (unpaired) electrons. The van der Waals surface area contributed by atoms with Crippen LogP contribution in [0.3, 0.4) is 0 Å². The highest BCUT2D eigenvalue weighted by Gasteiger charge is 2.20. The van der Waals surface area contributed by atoms with Crippen LogP contribution in [0.5, 0.6) is 11.5 Å². The van der Waals surface area contributed by atoms with E-state index in [0.29, 0.717) is 55.6 Å². The summed E-state index contributed by atoms with van der Waals surface area (Å²) in [7, 11) is 0. The molecule has 0 saturated carbocycles. The molecule has 0 unspecified atom stereocenters. The predicted molar refractivity (Wildman–Crippen MR) is 212 cm³/mol. The molecule has 0 aromatic heterocycles. The van der Waals surface area contributed by atoms with Gasteiger partial charge in [-0.3, -0.25) is 0 Å². The Morgan fingerprint density at radius 2 is 0.632 bits per heavy atom. The quantitative estimate of drug-likeness (QED) is 0.0681. The van der Waals surface area contributed by atoms with Gasteiger partial charge in [-0.15, -0.1) is 19.6 Å². The van der Waals surface area contributed by atoms with Crippen LogP contribution in [0.1, 0.15) is 76.4 Å². The molecule has 0 heterocycles. The molecule has 6 aromatic rings. The number of aromatic hydroxyl groups is 2. The zero-order chi connectivity index (χ0) is 40.6. The summed E-state index contributed by atoms with van der Waals surface area (Å²) in [5.74, 6) is -3.37. The Morgan fingerprint density at radius 3 is 0.860 bits per heavy atom. The van der Waals surface area contributed by atoms with Crippen LogP contribution in [0.25, 0.3) is 0 Å². The number of benzene rings is 6. The van der Waals surface area contributed by atoms with E-state index in [1.807, 2.05) is 0 Å². The van der Waals surface area contributed by atoms with Crippen molar-refractivity contribution in [2.45, 2.75) is 32.1 Å². The number of hydrogen-bond donors (Lipinski definition) is 4. The van der Waals surface area contributed by atoms with Crippen molar-refractivity contribution in [1.29, 1.82) is 0 Å². The van der Waals surface area contributed by atoms with Crippen LogP contribution in [-0.4, -0.2) is 32.4 Å². The Balaban J connectivity index is 1.27. The van der Waals surface area contributed by atoms with E-state index in [1.165, 1.54) is 24.3 Å². The van der Waals surface area contributed by atoms with E-state index in [2.05, 4.69) is 20.7 Å². The van der Waals surface area contributed by atoms with E-state index in [9.17, 15) is 49.6 Å².